The summed E-state index contributed by atoms with van der Waals surface area (Å²) in [7, 11) is 0. The number of hydrogen-bond donors (Lipinski definition) is 2. The molecule has 2 N–H and O–H groups in total. The fourth-order valence-corrected chi connectivity index (χ4v) is 3.50. The fourth-order valence-electron chi connectivity index (χ4n) is 3.50. The van der Waals surface area contributed by atoms with E-state index in [1.807, 2.05) is 6.08 Å². The van der Waals surface area contributed by atoms with Crippen molar-refractivity contribution in [3.8, 4) is 6.07 Å². The standard InChI is InChI=1S/C17H23N3O/c1-16(2,3)19-10-14(21)13-6-5-11-15(20-13)12(9-18)17(11)7-4-8-17/h5-6,11,14,19,21H,4,7-8,10H2,1-3H3/t11?,14-/m0/s1. The molecule has 1 heterocycles. The van der Waals surface area contributed by atoms with Crippen molar-refractivity contribution in [3.05, 3.63) is 23.4 Å². The zero-order valence-corrected chi connectivity index (χ0v) is 13.0. The Bertz CT molecular complexity index is 582. The number of aliphatic hydroxyl groups excluding tert-OH is 1. The van der Waals surface area contributed by atoms with E-state index >= 15 is 0 Å². The molecular weight excluding hydrogens is 262 g/mol. The molecule has 1 spiro atoms. The summed E-state index contributed by atoms with van der Waals surface area (Å²) in [4.78, 5) is 4.58. The smallest absolute Gasteiger partial charge is 0.108 e. The van der Waals surface area contributed by atoms with Gasteiger partial charge in [0.1, 0.15) is 6.10 Å². The molecule has 0 aromatic rings. The molecule has 4 nitrogen and oxygen atoms in total. The Labute approximate surface area is 126 Å². The highest BCUT2D eigenvalue weighted by atomic mass is 16.3. The van der Waals surface area contributed by atoms with Gasteiger partial charge in [0.25, 0.3) is 0 Å². The van der Waals surface area contributed by atoms with Crippen molar-refractivity contribution in [2.24, 2.45) is 16.3 Å². The average Bonchev–Trinajstić information content (AvgIpc) is 2.35. The molecule has 3 aliphatic rings. The van der Waals surface area contributed by atoms with Crippen molar-refractivity contribution in [2.75, 3.05) is 6.54 Å². The van der Waals surface area contributed by atoms with Crippen LogP contribution in [0.2, 0.25) is 0 Å². The molecule has 0 aromatic carbocycles. The van der Waals surface area contributed by atoms with Crippen LogP contribution >= 0.6 is 0 Å². The minimum Gasteiger partial charge on any atom is -0.385 e. The SMILES string of the molecule is CC(C)(C)NC[C@H](O)C1=NC2=C(C#N)C3(CCC3)C2C=C1. The number of β-amino-alcohol motifs (C(OH)–C–C–N with tert-alkyl or cyclic N) is 1. The predicted octanol–water partition coefficient (Wildman–Crippen LogP) is 2.32. The molecule has 0 amide bonds. The summed E-state index contributed by atoms with van der Waals surface area (Å²) in [5, 5.41) is 22.9. The normalized spacial score (nSPS) is 27.4. The maximum Gasteiger partial charge on any atom is 0.108 e. The lowest BCUT2D eigenvalue weighted by atomic mass is 9.48. The quantitative estimate of drug-likeness (QED) is 0.836. The van der Waals surface area contributed by atoms with Crippen LogP contribution in [-0.2, 0) is 0 Å². The van der Waals surface area contributed by atoms with Crippen LogP contribution in [-0.4, -0.2) is 29.0 Å². The minimum atomic E-state index is -0.633. The molecule has 2 atom stereocenters. The third-order valence-corrected chi connectivity index (χ3v) is 4.88. The van der Waals surface area contributed by atoms with Gasteiger partial charge in [-0.25, -0.2) is 0 Å². The summed E-state index contributed by atoms with van der Waals surface area (Å²) >= 11 is 0. The highest BCUT2D eigenvalue weighted by Gasteiger charge is 2.57. The summed E-state index contributed by atoms with van der Waals surface area (Å²) in [6, 6.07) is 2.35. The van der Waals surface area contributed by atoms with Gasteiger partial charge in [0.2, 0.25) is 0 Å². The molecule has 0 radical (unpaired) electrons. The number of aliphatic imine (C=N–C) groups is 1. The van der Waals surface area contributed by atoms with E-state index in [0.29, 0.717) is 18.2 Å². The Hall–Kier alpha value is -1.44. The van der Waals surface area contributed by atoms with Crippen LogP contribution in [0.3, 0.4) is 0 Å². The summed E-state index contributed by atoms with van der Waals surface area (Å²) in [5.74, 6) is 0.299. The van der Waals surface area contributed by atoms with Crippen LogP contribution in [0.15, 0.2) is 28.4 Å². The van der Waals surface area contributed by atoms with Crippen LogP contribution < -0.4 is 5.32 Å². The number of nitrogens with zero attached hydrogens (tertiary/aromatic N) is 2. The number of fused-ring (bicyclic) bond motifs is 2. The molecule has 4 heteroatoms. The van der Waals surface area contributed by atoms with Crippen molar-refractivity contribution in [3.63, 3.8) is 0 Å². The second-order valence-corrected chi connectivity index (χ2v) is 7.40. The van der Waals surface area contributed by atoms with Gasteiger partial charge in [0, 0.05) is 23.4 Å². The number of allylic oxidation sites excluding steroid dienone is 2. The maximum absolute atomic E-state index is 10.3. The van der Waals surface area contributed by atoms with E-state index in [1.54, 1.807) is 0 Å². The molecule has 112 valence electrons. The monoisotopic (exact) mass is 285 g/mol. The van der Waals surface area contributed by atoms with Gasteiger partial charge in [-0.05, 0) is 39.7 Å². The van der Waals surface area contributed by atoms with Gasteiger partial charge >= 0.3 is 0 Å². The van der Waals surface area contributed by atoms with Gasteiger partial charge in [-0.2, -0.15) is 5.26 Å². The Morgan fingerprint density at radius 3 is 2.76 bits per heavy atom. The molecule has 1 saturated carbocycles. The van der Waals surface area contributed by atoms with Gasteiger partial charge in [-0.15, -0.1) is 0 Å². The van der Waals surface area contributed by atoms with Crippen molar-refractivity contribution in [1.82, 2.24) is 5.32 Å². The lowest BCUT2D eigenvalue weighted by molar-refractivity contribution is 0.108. The number of hydrogen-bond acceptors (Lipinski definition) is 4. The van der Waals surface area contributed by atoms with Crippen LogP contribution in [0.25, 0.3) is 0 Å². The summed E-state index contributed by atoms with van der Waals surface area (Å²) in [5.41, 5.74) is 2.47. The highest BCUT2D eigenvalue weighted by Crippen LogP contribution is 2.64. The fraction of sp³-hybridized carbons (Fsp3) is 0.647. The summed E-state index contributed by atoms with van der Waals surface area (Å²) < 4.78 is 0. The maximum atomic E-state index is 10.3. The van der Waals surface area contributed by atoms with E-state index < -0.39 is 6.10 Å². The van der Waals surface area contributed by atoms with E-state index in [2.05, 4.69) is 43.2 Å². The molecule has 0 aromatic heterocycles. The Morgan fingerprint density at radius 1 is 1.52 bits per heavy atom. The van der Waals surface area contributed by atoms with Crippen LogP contribution in [0.5, 0.6) is 0 Å². The van der Waals surface area contributed by atoms with E-state index in [-0.39, 0.29) is 11.0 Å². The molecule has 1 unspecified atom stereocenters. The predicted molar refractivity (Wildman–Crippen MR) is 82.8 cm³/mol. The first-order valence-electron chi connectivity index (χ1n) is 7.72. The third-order valence-electron chi connectivity index (χ3n) is 4.88. The first kappa shape index (κ1) is 14.5. The first-order valence-corrected chi connectivity index (χ1v) is 7.72. The molecule has 3 rings (SSSR count). The lowest BCUT2D eigenvalue weighted by Crippen LogP contribution is -2.49. The zero-order chi connectivity index (χ0) is 15.3. The molecule has 2 aliphatic carbocycles. The van der Waals surface area contributed by atoms with E-state index in [0.717, 1.165) is 24.1 Å². The Kier molecular flexibility index (Phi) is 3.31. The number of dihydropyridines is 1. The van der Waals surface area contributed by atoms with Crippen LogP contribution in [0.1, 0.15) is 40.0 Å². The van der Waals surface area contributed by atoms with E-state index in [1.165, 1.54) is 6.42 Å². The number of nitriles is 1. The lowest BCUT2D eigenvalue weighted by Gasteiger charge is -2.55. The highest BCUT2D eigenvalue weighted by molar-refractivity contribution is 6.00. The number of rotatable bonds is 3. The molecular formula is C17H23N3O. The second-order valence-electron chi connectivity index (χ2n) is 7.40. The van der Waals surface area contributed by atoms with Crippen molar-refractivity contribution in [1.29, 1.82) is 5.26 Å². The van der Waals surface area contributed by atoms with Gasteiger partial charge in [0.15, 0.2) is 0 Å². The molecule has 21 heavy (non-hydrogen) atoms. The third kappa shape index (κ3) is 2.25. The van der Waals surface area contributed by atoms with Crippen molar-refractivity contribution in [2.45, 2.75) is 51.7 Å². The van der Waals surface area contributed by atoms with Gasteiger partial charge in [0.05, 0.1) is 23.1 Å². The number of nitrogens with one attached hydrogen (secondary N) is 1. The Morgan fingerprint density at radius 2 is 2.24 bits per heavy atom. The van der Waals surface area contributed by atoms with Gasteiger partial charge in [-0.3, -0.25) is 4.99 Å². The summed E-state index contributed by atoms with van der Waals surface area (Å²) in [6.45, 7) is 6.67. The second kappa shape index (κ2) is 4.79. The Balaban J connectivity index is 1.77. The van der Waals surface area contributed by atoms with Gasteiger partial charge < -0.3 is 10.4 Å². The largest absolute Gasteiger partial charge is 0.385 e. The molecule has 1 fully saturated rings. The van der Waals surface area contributed by atoms with Gasteiger partial charge in [-0.1, -0.05) is 12.5 Å². The van der Waals surface area contributed by atoms with E-state index in [4.69, 9.17) is 0 Å². The molecule has 0 saturated heterocycles. The summed E-state index contributed by atoms with van der Waals surface area (Å²) in [6.07, 6.45) is 6.86. The van der Waals surface area contributed by atoms with Crippen molar-refractivity contribution >= 4 is 5.71 Å². The number of aliphatic hydroxyl groups is 1. The van der Waals surface area contributed by atoms with Crippen molar-refractivity contribution < 1.29 is 5.11 Å². The first-order chi connectivity index (χ1) is 9.87. The van der Waals surface area contributed by atoms with Crippen LogP contribution in [0.4, 0.5) is 0 Å². The average molecular weight is 285 g/mol. The minimum absolute atomic E-state index is 0.0357. The molecule has 0 bridgehead atoms. The molecule has 1 aliphatic heterocycles. The zero-order valence-electron chi connectivity index (χ0n) is 13.0. The topological polar surface area (TPSA) is 68.4 Å². The van der Waals surface area contributed by atoms with Crippen LogP contribution in [0, 0.1) is 22.7 Å². The van der Waals surface area contributed by atoms with E-state index in [9.17, 15) is 10.4 Å².